The second-order valence-electron chi connectivity index (χ2n) is 4.56. The van der Waals surface area contributed by atoms with Crippen LogP contribution in [0, 0.1) is 0 Å². The van der Waals surface area contributed by atoms with E-state index in [0.29, 0.717) is 13.0 Å². The first-order chi connectivity index (χ1) is 9.69. The molecule has 4 nitrogen and oxygen atoms in total. The summed E-state index contributed by atoms with van der Waals surface area (Å²) in [7, 11) is 0. The Hall–Kier alpha value is -2.23. The van der Waals surface area contributed by atoms with E-state index in [-0.39, 0.29) is 11.9 Å². The van der Waals surface area contributed by atoms with Gasteiger partial charge in [-0.2, -0.15) is 0 Å². The fraction of sp³-hybridized carbons (Fsp3) is 0.312. The van der Waals surface area contributed by atoms with Gasteiger partial charge < -0.3 is 14.5 Å². The van der Waals surface area contributed by atoms with Crippen molar-refractivity contribution in [2.75, 3.05) is 6.61 Å². The van der Waals surface area contributed by atoms with Crippen molar-refractivity contribution < 1.29 is 13.9 Å². The van der Waals surface area contributed by atoms with Gasteiger partial charge in [-0.1, -0.05) is 12.1 Å². The molecule has 1 amide bonds. The van der Waals surface area contributed by atoms with Crippen LogP contribution in [0.3, 0.4) is 0 Å². The second kappa shape index (κ2) is 6.80. The lowest BCUT2D eigenvalue weighted by Gasteiger charge is -2.11. The van der Waals surface area contributed by atoms with Gasteiger partial charge in [-0.15, -0.1) is 0 Å². The van der Waals surface area contributed by atoms with Crippen LogP contribution < -0.4 is 10.1 Å². The number of hydrogen-bond donors (Lipinski definition) is 1. The summed E-state index contributed by atoms with van der Waals surface area (Å²) in [5.74, 6) is 1.55. The molecule has 106 valence electrons. The monoisotopic (exact) mass is 273 g/mol. The highest BCUT2D eigenvalue weighted by atomic mass is 16.5. The van der Waals surface area contributed by atoms with E-state index in [1.54, 1.807) is 6.26 Å². The van der Waals surface area contributed by atoms with Crippen LogP contribution in [0.2, 0.25) is 0 Å². The molecule has 0 radical (unpaired) electrons. The van der Waals surface area contributed by atoms with Crippen LogP contribution in [-0.2, 0) is 11.2 Å². The molecule has 20 heavy (non-hydrogen) atoms. The van der Waals surface area contributed by atoms with Gasteiger partial charge in [-0.25, -0.2) is 0 Å². The maximum absolute atomic E-state index is 11.9. The van der Waals surface area contributed by atoms with Gasteiger partial charge in [0.2, 0.25) is 5.91 Å². The third-order valence-corrected chi connectivity index (χ3v) is 2.95. The summed E-state index contributed by atoms with van der Waals surface area (Å²) in [5, 5.41) is 2.91. The van der Waals surface area contributed by atoms with Crippen LogP contribution in [0.1, 0.15) is 31.2 Å². The molecular weight excluding hydrogens is 254 g/mol. The van der Waals surface area contributed by atoms with Gasteiger partial charge in [-0.05, 0) is 43.7 Å². The summed E-state index contributed by atoms with van der Waals surface area (Å²) in [6.07, 6.45) is 1.95. The largest absolute Gasteiger partial charge is 0.494 e. The van der Waals surface area contributed by atoms with E-state index in [9.17, 15) is 4.79 Å². The molecule has 1 aromatic heterocycles. The van der Waals surface area contributed by atoms with Gasteiger partial charge in [0.1, 0.15) is 11.5 Å². The molecule has 0 fully saturated rings. The molecule has 0 aliphatic heterocycles. The molecule has 0 spiro atoms. The van der Waals surface area contributed by atoms with E-state index in [1.165, 1.54) is 0 Å². The standard InChI is InChI=1S/C16H19NO3/c1-3-19-14-8-6-13(7-9-14)11-16(18)17-12(2)15-5-4-10-20-15/h4-10,12H,3,11H2,1-2H3,(H,17,18)/t12-/m0/s1. The fourth-order valence-corrected chi connectivity index (χ4v) is 1.96. The van der Waals surface area contributed by atoms with Gasteiger partial charge in [0.25, 0.3) is 0 Å². The van der Waals surface area contributed by atoms with Crippen molar-refractivity contribution in [3.63, 3.8) is 0 Å². The Kier molecular flexibility index (Phi) is 4.82. The summed E-state index contributed by atoms with van der Waals surface area (Å²) < 4.78 is 10.6. The smallest absolute Gasteiger partial charge is 0.224 e. The van der Waals surface area contributed by atoms with Crippen molar-refractivity contribution in [1.29, 1.82) is 0 Å². The summed E-state index contributed by atoms with van der Waals surface area (Å²) in [6.45, 7) is 4.48. The number of furan rings is 1. The molecule has 0 unspecified atom stereocenters. The summed E-state index contributed by atoms with van der Waals surface area (Å²) in [4.78, 5) is 11.9. The van der Waals surface area contributed by atoms with Crippen molar-refractivity contribution in [2.45, 2.75) is 26.3 Å². The Morgan fingerprint density at radius 2 is 2.05 bits per heavy atom. The van der Waals surface area contributed by atoms with Gasteiger partial charge in [-0.3, -0.25) is 4.79 Å². The molecule has 0 aliphatic carbocycles. The minimum Gasteiger partial charge on any atom is -0.494 e. The lowest BCUT2D eigenvalue weighted by molar-refractivity contribution is -0.121. The minimum atomic E-state index is -0.125. The van der Waals surface area contributed by atoms with Crippen LogP contribution >= 0.6 is 0 Å². The van der Waals surface area contributed by atoms with E-state index in [0.717, 1.165) is 17.1 Å². The van der Waals surface area contributed by atoms with Crippen LogP contribution in [-0.4, -0.2) is 12.5 Å². The normalized spacial score (nSPS) is 11.9. The highest BCUT2D eigenvalue weighted by Crippen LogP contribution is 2.14. The molecule has 1 aromatic carbocycles. The number of ether oxygens (including phenoxy) is 1. The molecule has 0 saturated carbocycles. The summed E-state index contributed by atoms with van der Waals surface area (Å²) >= 11 is 0. The van der Waals surface area contributed by atoms with Crippen molar-refractivity contribution >= 4 is 5.91 Å². The zero-order valence-electron chi connectivity index (χ0n) is 11.8. The predicted octanol–water partition coefficient (Wildman–Crippen LogP) is 3.10. The van der Waals surface area contributed by atoms with E-state index in [4.69, 9.17) is 9.15 Å². The van der Waals surface area contributed by atoms with Crippen molar-refractivity contribution in [1.82, 2.24) is 5.32 Å². The van der Waals surface area contributed by atoms with Gasteiger partial charge in [0.15, 0.2) is 0 Å². The SMILES string of the molecule is CCOc1ccc(CC(=O)N[C@@H](C)c2ccco2)cc1. The number of amides is 1. The second-order valence-corrected chi connectivity index (χ2v) is 4.56. The fourth-order valence-electron chi connectivity index (χ4n) is 1.96. The Bertz CT molecular complexity index is 531. The average molecular weight is 273 g/mol. The maximum Gasteiger partial charge on any atom is 0.224 e. The van der Waals surface area contributed by atoms with Crippen LogP contribution in [0.5, 0.6) is 5.75 Å². The number of rotatable bonds is 6. The number of carbonyl (C=O) groups is 1. The van der Waals surface area contributed by atoms with Crippen LogP contribution in [0.4, 0.5) is 0 Å². The van der Waals surface area contributed by atoms with Crippen molar-refractivity contribution in [2.24, 2.45) is 0 Å². The molecule has 0 bridgehead atoms. The number of benzene rings is 1. The first kappa shape index (κ1) is 14.2. The minimum absolute atomic E-state index is 0.0296. The number of hydrogen-bond acceptors (Lipinski definition) is 3. The van der Waals surface area contributed by atoms with E-state index >= 15 is 0 Å². The zero-order chi connectivity index (χ0) is 14.4. The molecular formula is C16H19NO3. The molecule has 1 atom stereocenters. The first-order valence-corrected chi connectivity index (χ1v) is 6.73. The van der Waals surface area contributed by atoms with Crippen LogP contribution in [0.25, 0.3) is 0 Å². The highest BCUT2D eigenvalue weighted by Gasteiger charge is 2.12. The molecule has 0 aliphatic rings. The lowest BCUT2D eigenvalue weighted by Crippen LogP contribution is -2.27. The average Bonchev–Trinajstić information content (AvgIpc) is 2.95. The topological polar surface area (TPSA) is 51.5 Å². The lowest BCUT2D eigenvalue weighted by atomic mass is 10.1. The van der Waals surface area contributed by atoms with Gasteiger partial charge in [0.05, 0.1) is 25.3 Å². The first-order valence-electron chi connectivity index (χ1n) is 6.73. The van der Waals surface area contributed by atoms with E-state index in [1.807, 2.05) is 50.2 Å². The van der Waals surface area contributed by atoms with E-state index in [2.05, 4.69) is 5.32 Å². The quantitative estimate of drug-likeness (QED) is 0.880. The maximum atomic E-state index is 11.9. The Morgan fingerprint density at radius 3 is 2.65 bits per heavy atom. The molecule has 1 heterocycles. The molecule has 2 rings (SSSR count). The highest BCUT2D eigenvalue weighted by molar-refractivity contribution is 5.78. The van der Waals surface area contributed by atoms with Crippen LogP contribution in [0.15, 0.2) is 47.1 Å². The van der Waals surface area contributed by atoms with E-state index < -0.39 is 0 Å². The molecule has 1 N–H and O–H groups in total. The van der Waals surface area contributed by atoms with Crippen molar-refractivity contribution in [3.05, 3.63) is 54.0 Å². The van der Waals surface area contributed by atoms with Gasteiger partial charge >= 0.3 is 0 Å². The molecule has 4 heteroatoms. The third-order valence-electron chi connectivity index (χ3n) is 2.95. The predicted molar refractivity (Wildman–Crippen MR) is 76.6 cm³/mol. The number of nitrogens with one attached hydrogen (secondary N) is 1. The zero-order valence-corrected chi connectivity index (χ0v) is 11.8. The third kappa shape index (κ3) is 3.88. The Labute approximate surface area is 118 Å². The summed E-state index contributed by atoms with van der Waals surface area (Å²) in [5.41, 5.74) is 0.956. The molecule has 2 aromatic rings. The number of carbonyl (C=O) groups excluding carboxylic acids is 1. The Morgan fingerprint density at radius 1 is 1.30 bits per heavy atom. The molecule has 0 saturated heterocycles. The Balaban J connectivity index is 1.87. The van der Waals surface area contributed by atoms with Crippen molar-refractivity contribution in [3.8, 4) is 5.75 Å². The van der Waals surface area contributed by atoms with Gasteiger partial charge in [0, 0.05) is 0 Å². The summed E-state index contributed by atoms with van der Waals surface area (Å²) in [6, 6.07) is 11.1.